The summed E-state index contributed by atoms with van der Waals surface area (Å²) in [7, 11) is 1.60. The number of aromatic amines is 1. The predicted molar refractivity (Wildman–Crippen MR) is 166 cm³/mol. The molecule has 0 aliphatic carbocycles. The minimum Gasteiger partial charge on any atom is -0.395 e. The van der Waals surface area contributed by atoms with Crippen LogP contribution in [0.5, 0.6) is 0 Å². The summed E-state index contributed by atoms with van der Waals surface area (Å²) in [5.41, 5.74) is 2.31. The Morgan fingerprint density at radius 3 is 2.60 bits per heavy atom. The number of amides is 3. The van der Waals surface area contributed by atoms with E-state index in [0.29, 0.717) is 23.5 Å². The fraction of sp³-hybridized carbons (Fsp3) is 0.265. The van der Waals surface area contributed by atoms with E-state index in [-0.39, 0.29) is 37.8 Å². The Hall–Kier alpha value is -4.73. The molecule has 5 rings (SSSR count). The highest BCUT2D eigenvalue weighted by atomic mass is 16.3. The minimum atomic E-state index is -1.88. The molecule has 0 fully saturated rings. The van der Waals surface area contributed by atoms with Crippen molar-refractivity contribution in [2.45, 2.75) is 31.9 Å². The lowest BCUT2D eigenvalue weighted by Crippen LogP contribution is -2.43. The Balaban J connectivity index is 1.29. The number of hydrogen-bond donors (Lipinski definition) is 4. The second-order valence-corrected chi connectivity index (χ2v) is 10.9. The van der Waals surface area contributed by atoms with Crippen LogP contribution in [0.15, 0.2) is 91.1 Å². The second-order valence-electron chi connectivity index (χ2n) is 10.9. The standard InChI is InChI=1S/C34H36N4O5/c1-23(9-8-14-32(41)38(17-18-39)22-24-10-4-3-5-11-24)34(43)28-20-26(15-16-30(28)37(2)33(34)42)36-31(40)19-25-21-35-29-13-7-6-12-27(25)29/h3-13,15-16,20-21,23,35,39,43H,14,17-19,22H2,1-2H3,(H,36,40)/b9-8+/t23-,34+/m1/s1. The van der Waals surface area contributed by atoms with Crippen molar-refractivity contribution in [2.75, 3.05) is 30.4 Å². The van der Waals surface area contributed by atoms with Gasteiger partial charge in [-0.15, -0.1) is 0 Å². The number of aromatic nitrogens is 1. The van der Waals surface area contributed by atoms with Crippen LogP contribution in [0.3, 0.4) is 0 Å². The number of aliphatic hydroxyl groups is 2. The molecule has 4 N–H and O–H groups in total. The number of rotatable bonds is 11. The largest absolute Gasteiger partial charge is 0.395 e. The van der Waals surface area contributed by atoms with Gasteiger partial charge in [0.25, 0.3) is 5.91 Å². The zero-order valence-corrected chi connectivity index (χ0v) is 24.3. The van der Waals surface area contributed by atoms with Crippen molar-refractivity contribution in [1.82, 2.24) is 9.88 Å². The monoisotopic (exact) mass is 580 g/mol. The first-order chi connectivity index (χ1) is 20.7. The van der Waals surface area contributed by atoms with Gasteiger partial charge in [0.2, 0.25) is 11.8 Å². The smallest absolute Gasteiger partial charge is 0.264 e. The van der Waals surface area contributed by atoms with Crippen molar-refractivity contribution in [3.8, 4) is 0 Å². The maximum absolute atomic E-state index is 13.3. The zero-order chi connectivity index (χ0) is 30.6. The van der Waals surface area contributed by atoms with E-state index in [2.05, 4.69) is 10.3 Å². The number of H-pyrrole nitrogens is 1. The maximum atomic E-state index is 13.3. The van der Waals surface area contributed by atoms with Gasteiger partial charge in [-0.3, -0.25) is 14.4 Å². The SMILES string of the molecule is C[C@H](/C=C/CC(=O)N(CCO)Cc1ccccc1)[C@@]1(O)C(=O)N(C)c2ccc(NC(=O)Cc3c[nH]c4ccccc34)cc21. The predicted octanol–water partition coefficient (Wildman–Crippen LogP) is 4.12. The molecule has 1 aliphatic rings. The van der Waals surface area contributed by atoms with Gasteiger partial charge in [0.15, 0.2) is 5.60 Å². The van der Waals surface area contributed by atoms with E-state index in [0.717, 1.165) is 22.0 Å². The lowest BCUT2D eigenvalue weighted by Gasteiger charge is -2.27. The third kappa shape index (κ3) is 6.09. The summed E-state index contributed by atoms with van der Waals surface area (Å²) < 4.78 is 0. The summed E-state index contributed by atoms with van der Waals surface area (Å²) in [6.07, 6.45) is 5.35. The molecule has 43 heavy (non-hydrogen) atoms. The van der Waals surface area contributed by atoms with E-state index in [1.165, 1.54) is 4.90 Å². The number of benzene rings is 3. The van der Waals surface area contributed by atoms with Gasteiger partial charge in [-0.2, -0.15) is 0 Å². The number of nitrogens with zero attached hydrogens (tertiary/aromatic N) is 2. The van der Waals surface area contributed by atoms with Gasteiger partial charge in [0.05, 0.1) is 18.7 Å². The van der Waals surface area contributed by atoms with E-state index in [1.54, 1.807) is 49.2 Å². The lowest BCUT2D eigenvalue weighted by molar-refractivity contribution is -0.139. The summed E-state index contributed by atoms with van der Waals surface area (Å²) in [4.78, 5) is 45.4. The molecular formula is C34H36N4O5. The average Bonchev–Trinajstić information content (AvgIpc) is 3.50. The van der Waals surface area contributed by atoms with E-state index >= 15 is 0 Å². The van der Waals surface area contributed by atoms with Gasteiger partial charge in [-0.25, -0.2) is 0 Å². The summed E-state index contributed by atoms with van der Waals surface area (Å²) in [5, 5.41) is 25.2. The third-order valence-corrected chi connectivity index (χ3v) is 8.02. The molecule has 1 aromatic heterocycles. The lowest BCUT2D eigenvalue weighted by atomic mass is 9.82. The quantitative estimate of drug-likeness (QED) is 0.199. The van der Waals surface area contributed by atoms with Crippen LogP contribution in [-0.2, 0) is 33.0 Å². The van der Waals surface area contributed by atoms with E-state index in [4.69, 9.17) is 0 Å². The first-order valence-corrected chi connectivity index (χ1v) is 14.3. The molecule has 2 heterocycles. The maximum Gasteiger partial charge on any atom is 0.264 e. The highest BCUT2D eigenvalue weighted by molar-refractivity contribution is 6.07. The fourth-order valence-corrected chi connectivity index (χ4v) is 5.65. The highest BCUT2D eigenvalue weighted by Gasteiger charge is 2.51. The Labute approximate surface area is 250 Å². The molecule has 2 atom stereocenters. The fourth-order valence-electron chi connectivity index (χ4n) is 5.65. The zero-order valence-electron chi connectivity index (χ0n) is 24.3. The van der Waals surface area contributed by atoms with Crippen LogP contribution in [0.2, 0.25) is 0 Å². The Morgan fingerprint density at radius 2 is 1.84 bits per heavy atom. The highest BCUT2D eigenvalue weighted by Crippen LogP contribution is 2.45. The first kappa shape index (κ1) is 29.8. The van der Waals surface area contributed by atoms with Gasteiger partial charge in [-0.05, 0) is 35.4 Å². The number of nitrogens with one attached hydrogen (secondary N) is 2. The Kier molecular flexibility index (Phi) is 8.75. The van der Waals surface area contributed by atoms with Crippen LogP contribution in [0, 0.1) is 5.92 Å². The van der Waals surface area contributed by atoms with E-state index in [9.17, 15) is 24.6 Å². The van der Waals surface area contributed by atoms with Gasteiger partial charge < -0.3 is 30.3 Å². The van der Waals surface area contributed by atoms with Crippen LogP contribution in [0.1, 0.15) is 30.0 Å². The van der Waals surface area contributed by atoms with Gasteiger partial charge in [0, 0.05) is 60.8 Å². The molecular weight excluding hydrogens is 544 g/mol. The number of hydrogen-bond acceptors (Lipinski definition) is 5. The van der Waals surface area contributed by atoms with E-state index < -0.39 is 17.4 Å². The number of likely N-dealkylation sites (N-methyl/N-ethyl adjacent to an activating group) is 1. The molecule has 0 spiro atoms. The van der Waals surface area contributed by atoms with Gasteiger partial charge >= 0.3 is 0 Å². The summed E-state index contributed by atoms with van der Waals surface area (Å²) in [6.45, 7) is 2.14. The molecule has 1 aliphatic heterocycles. The normalized spacial score (nSPS) is 16.9. The van der Waals surface area contributed by atoms with Crippen molar-refractivity contribution in [3.05, 3.63) is 108 Å². The molecule has 4 aromatic rings. The molecule has 0 radical (unpaired) electrons. The Morgan fingerprint density at radius 1 is 1.09 bits per heavy atom. The topological polar surface area (TPSA) is 126 Å². The number of fused-ring (bicyclic) bond motifs is 2. The van der Waals surface area contributed by atoms with Gasteiger partial charge in [0.1, 0.15) is 0 Å². The van der Waals surface area contributed by atoms with Crippen LogP contribution < -0.4 is 10.2 Å². The first-order valence-electron chi connectivity index (χ1n) is 14.3. The van der Waals surface area contributed by atoms with Crippen LogP contribution in [0.25, 0.3) is 10.9 Å². The van der Waals surface area contributed by atoms with Gasteiger partial charge in [-0.1, -0.05) is 67.6 Å². The summed E-state index contributed by atoms with van der Waals surface area (Å²) in [5.74, 6) is -1.56. The van der Waals surface area contributed by atoms with E-state index in [1.807, 2.05) is 60.8 Å². The van der Waals surface area contributed by atoms with Crippen molar-refractivity contribution in [2.24, 2.45) is 5.92 Å². The molecule has 3 amide bonds. The molecule has 0 unspecified atom stereocenters. The number of aliphatic hydroxyl groups excluding tert-OH is 1. The molecule has 0 saturated carbocycles. The van der Waals surface area contributed by atoms with Crippen LogP contribution in [0.4, 0.5) is 11.4 Å². The third-order valence-electron chi connectivity index (χ3n) is 8.02. The van der Waals surface area contributed by atoms with Crippen molar-refractivity contribution in [3.63, 3.8) is 0 Å². The molecule has 0 saturated heterocycles. The van der Waals surface area contributed by atoms with Crippen molar-refractivity contribution < 1.29 is 24.6 Å². The van der Waals surface area contributed by atoms with Crippen molar-refractivity contribution >= 4 is 40.0 Å². The van der Waals surface area contributed by atoms with Crippen LogP contribution in [-0.4, -0.2) is 58.0 Å². The molecule has 9 nitrogen and oxygen atoms in total. The summed E-state index contributed by atoms with van der Waals surface area (Å²) in [6, 6.07) is 22.4. The number of para-hydroxylation sites is 1. The van der Waals surface area contributed by atoms with Crippen molar-refractivity contribution in [1.29, 1.82) is 0 Å². The minimum absolute atomic E-state index is 0.0497. The number of anilines is 2. The number of carbonyl (C=O) groups excluding carboxylic acids is 3. The summed E-state index contributed by atoms with van der Waals surface area (Å²) >= 11 is 0. The molecule has 9 heteroatoms. The number of carbonyl (C=O) groups is 3. The molecule has 0 bridgehead atoms. The Bertz CT molecular complexity index is 1660. The van der Waals surface area contributed by atoms with Crippen LogP contribution >= 0.6 is 0 Å². The molecule has 222 valence electrons. The molecule has 3 aromatic carbocycles. The average molecular weight is 581 g/mol. The second kappa shape index (κ2) is 12.6.